The molecular weight excluding hydrogens is 282 g/mol. The van der Waals surface area contributed by atoms with Crippen molar-refractivity contribution in [3.05, 3.63) is 18.2 Å². The van der Waals surface area contributed by atoms with Gasteiger partial charge in [0.2, 0.25) is 5.91 Å². The number of nitrogens with two attached hydrogens (primary N) is 1. The summed E-state index contributed by atoms with van der Waals surface area (Å²) >= 11 is 0. The zero-order chi connectivity index (χ0) is 15.6. The molecule has 3 rings (SSSR count). The van der Waals surface area contributed by atoms with Crippen LogP contribution in [-0.4, -0.2) is 50.2 Å². The van der Waals surface area contributed by atoms with Crippen molar-refractivity contribution < 1.29 is 14.3 Å². The monoisotopic (exact) mass is 305 g/mol. The van der Waals surface area contributed by atoms with Crippen molar-refractivity contribution in [1.82, 2.24) is 4.90 Å². The zero-order valence-corrected chi connectivity index (χ0v) is 12.9. The van der Waals surface area contributed by atoms with E-state index in [-0.39, 0.29) is 11.3 Å². The second-order valence-corrected chi connectivity index (χ2v) is 6.38. The van der Waals surface area contributed by atoms with Crippen molar-refractivity contribution in [2.75, 3.05) is 44.7 Å². The minimum atomic E-state index is -0.0158. The predicted molar refractivity (Wildman–Crippen MR) is 84.3 cm³/mol. The number of hydrogen-bond acceptors (Lipinski definition) is 5. The van der Waals surface area contributed by atoms with Crippen LogP contribution in [0.3, 0.4) is 0 Å². The lowest BCUT2D eigenvalue weighted by Crippen LogP contribution is -2.35. The number of ether oxygens (including phenoxy) is 2. The third-order valence-corrected chi connectivity index (χ3v) is 4.32. The first kappa shape index (κ1) is 15.1. The van der Waals surface area contributed by atoms with Crippen LogP contribution in [0.2, 0.25) is 0 Å². The number of hydrogen-bond donors (Lipinski definition) is 2. The summed E-state index contributed by atoms with van der Waals surface area (Å²) in [5.41, 5.74) is 6.66. The van der Waals surface area contributed by atoms with E-state index < -0.39 is 0 Å². The molecule has 22 heavy (non-hydrogen) atoms. The highest BCUT2D eigenvalue weighted by Crippen LogP contribution is 2.32. The molecule has 2 aliphatic rings. The van der Waals surface area contributed by atoms with Crippen LogP contribution < -0.4 is 20.5 Å². The number of benzene rings is 1. The molecule has 1 saturated heterocycles. The Labute approximate surface area is 130 Å². The third-order valence-electron chi connectivity index (χ3n) is 4.32. The molecule has 6 heteroatoms. The van der Waals surface area contributed by atoms with E-state index in [1.165, 1.54) is 0 Å². The molecule has 2 aliphatic heterocycles. The summed E-state index contributed by atoms with van der Waals surface area (Å²) in [6.07, 6.45) is 1.04. The van der Waals surface area contributed by atoms with Gasteiger partial charge in [-0.05, 0) is 37.1 Å². The molecule has 0 spiro atoms. The third kappa shape index (κ3) is 3.34. The van der Waals surface area contributed by atoms with Gasteiger partial charge in [-0.3, -0.25) is 9.69 Å². The van der Waals surface area contributed by atoms with Crippen LogP contribution in [0.1, 0.15) is 13.3 Å². The minimum Gasteiger partial charge on any atom is -0.486 e. The van der Waals surface area contributed by atoms with Gasteiger partial charge in [-0.2, -0.15) is 0 Å². The Hall–Kier alpha value is -1.79. The van der Waals surface area contributed by atoms with Crippen LogP contribution in [0.5, 0.6) is 11.5 Å². The average molecular weight is 305 g/mol. The number of carbonyl (C=O) groups excluding carboxylic acids is 1. The van der Waals surface area contributed by atoms with Gasteiger partial charge in [-0.25, -0.2) is 0 Å². The standard InChI is InChI=1S/C16H23N3O3/c1-16(10-17)4-5-19(11-16)9-15(20)18-12-2-3-13-14(8-12)22-7-6-21-13/h2-3,8H,4-7,9-11,17H2,1H3,(H,18,20). The first-order valence-electron chi connectivity index (χ1n) is 7.70. The zero-order valence-electron chi connectivity index (χ0n) is 12.9. The molecule has 1 amide bonds. The maximum absolute atomic E-state index is 12.2. The van der Waals surface area contributed by atoms with Crippen LogP contribution in [-0.2, 0) is 4.79 Å². The molecule has 1 aromatic carbocycles. The Morgan fingerprint density at radius 2 is 2.14 bits per heavy atom. The number of nitrogens with zero attached hydrogens (tertiary/aromatic N) is 1. The van der Waals surface area contributed by atoms with Crippen molar-refractivity contribution in [2.45, 2.75) is 13.3 Å². The first-order chi connectivity index (χ1) is 10.6. The van der Waals surface area contributed by atoms with E-state index in [9.17, 15) is 4.79 Å². The fraction of sp³-hybridized carbons (Fsp3) is 0.562. The highest BCUT2D eigenvalue weighted by molar-refractivity contribution is 5.92. The van der Waals surface area contributed by atoms with Gasteiger partial charge >= 0.3 is 0 Å². The number of anilines is 1. The van der Waals surface area contributed by atoms with Gasteiger partial charge in [-0.15, -0.1) is 0 Å². The number of rotatable bonds is 4. The molecule has 1 fully saturated rings. The maximum Gasteiger partial charge on any atom is 0.238 e. The van der Waals surface area contributed by atoms with Gasteiger partial charge in [0.25, 0.3) is 0 Å². The van der Waals surface area contributed by atoms with E-state index in [0.717, 1.165) is 30.9 Å². The molecule has 1 aromatic rings. The molecule has 1 unspecified atom stereocenters. The van der Waals surface area contributed by atoms with Gasteiger partial charge in [-0.1, -0.05) is 6.92 Å². The molecule has 0 aliphatic carbocycles. The van der Waals surface area contributed by atoms with Crippen LogP contribution in [0.15, 0.2) is 18.2 Å². The van der Waals surface area contributed by atoms with E-state index >= 15 is 0 Å². The lowest BCUT2D eigenvalue weighted by molar-refractivity contribution is -0.117. The molecule has 0 aromatic heterocycles. The molecule has 120 valence electrons. The van der Waals surface area contributed by atoms with Crippen molar-refractivity contribution in [2.24, 2.45) is 11.1 Å². The average Bonchev–Trinajstić information content (AvgIpc) is 2.89. The summed E-state index contributed by atoms with van der Waals surface area (Å²) in [5, 5.41) is 2.92. The van der Waals surface area contributed by atoms with E-state index in [4.69, 9.17) is 15.2 Å². The van der Waals surface area contributed by atoms with Crippen molar-refractivity contribution in [3.63, 3.8) is 0 Å². The van der Waals surface area contributed by atoms with Gasteiger partial charge < -0.3 is 20.5 Å². The summed E-state index contributed by atoms with van der Waals surface area (Å²) in [6, 6.07) is 5.46. The van der Waals surface area contributed by atoms with Crippen LogP contribution in [0.4, 0.5) is 5.69 Å². The fourth-order valence-corrected chi connectivity index (χ4v) is 2.95. The highest BCUT2D eigenvalue weighted by atomic mass is 16.6. The minimum absolute atomic E-state index is 0.0158. The summed E-state index contributed by atoms with van der Waals surface area (Å²) in [7, 11) is 0. The summed E-state index contributed by atoms with van der Waals surface area (Å²) in [6.45, 7) is 6.12. The van der Waals surface area contributed by atoms with Gasteiger partial charge in [0.05, 0.1) is 6.54 Å². The SMILES string of the molecule is CC1(CN)CCN(CC(=O)Nc2ccc3c(c2)OCCO3)C1. The van der Waals surface area contributed by atoms with E-state index in [1.807, 2.05) is 12.1 Å². The van der Waals surface area contributed by atoms with Crippen LogP contribution in [0, 0.1) is 5.41 Å². The molecule has 2 heterocycles. The van der Waals surface area contributed by atoms with Crippen molar-refractivity contribution >= 4 is 11.6 Å². The Morgan fingerprint density at radius 3 is 2.86 bits per heavy atom. The van der Waals surface area contributed by atoms with Gasteiger partial charge in [0.15, 0.2) is 11.5 Å². The van der Waals surface area contributed by atoms with Crippen LogP contribution in [0.25, 0.3) is 0 Å². The van der Waals surface area contributed by atoms with Crippen molar-refractivity contribution in [3.8, 4) is 11.5 Å². The molecule has 6 nitrogen and oxygen atoms in total. The Bertz CT molecular complexity index is 564. The summed E-state index contributed by atoms with van der Waals surface area (Å²) < 4.78 is 11.0. The first-order valence-corrected chi connectivity index (χ1v) is 7.70. The topological polar surface area (TPSA) is 76.8 Å². The largest absolute Gasteiger partial charge is 0.486 e. The molecule has 0 saturated carbocycles. The molecule has 0 radical (unpaired) electrons. The lowest BCUT2D eigenvalue weighted by Gasteiger charge is -2.22. The number of amides is 1. The van der Waals surface area contributed by atoms with Gasteiger partial charge in [0.1, 0.15) is 13.2 Å². The number of likely N-dealkylation sites (tertiary alicyclic amines) is 1. The normalized spacial score (nSPS) is 24.3. The predicted octanol–water partition coefficient (Wildman–Crippen LogP) is 1.07. The Balaban J connectivity index is 1.56. The number of fused-ring (bicyclic) bond motifs is 1. The smallest absolute Gasteiger partial charge is 0.238 e. The molecule has 0 bridgehead atoms. The lowest BCUT2D eigenvalue weighted by atomic mass is 9.90. The maximum atomic E-state index is 12.2. The fourth-order valence-electron chi connectivity index (χ4n) is 2.95. The Morgan fingerprint density at radius 1 is 1.36 bits per heavy atom. The van der Waals surface area contributed by atoms with E-state index in [2.05, 4.69) is 17.1 Å². The number of carbonyl (C=O) groups is 1. The number of nitrogens with one attached hydrogen (secondary N) is 1. The molecule has 1 atom stereocenters. The molecular formula is C16H23N3O3. The van der Waals surface area contributed by atoms with E-state index in [1.54, 1.807) is 6.07 Å². The summed E-state index contributed by atoms with van der Waals surface area (Å²) in [4.78, 5) is 14.3. The van der Waals surface area contributed by atoms with Crippen molar-refractivity contribution in [1.29, 1.82) is 0 Å². The highest BCUT2D eigenvalue weighted by Gasteiger charge is 2.33. The second-order valence-electron chi connectivity index (χ2n) is 6.38. The summed E-state index contributed by atoms with van der Waals surface area (Å²) in [5.74, 6) is 1.39. The van der Waals surface area contributed by atoms with Gasteiger partial charge in [0, 0.05) is 18.3 Å². The quantitative estimate of drug-likeness (QED) is 0.870. The molecule has 3 N–H and O–H groups in total. The Kier molecular flexibility index (Phi) is 4.22. The van der Waals surface area contributed by atoms with E-state index in [0.29, 0.717) is 32.1 Å². The van der Waals surface area contributed by atoms with Crippen LogP contribution >= 0.6 is 0 Å². The second kappa shape index (κ2) is 6.14.